The molecule has 1 saturated heterocycles. The third kappa shape index (κ3) is 8.98. The molecule has 3 N–H and O–H groups in total. The lowest BCUT2D eigenvalue weighted by molar-refractivity contribution is -0.141. The van der Waals surface area contributed by atoms with Gasteiger partial charge >= 0.3 is 6.09 Å². The van der Waals surface area contributed by atoms with Crippen molar-refractivity contribution in [2.45, 2.75) is 139 Å². The van der Waals surface area contributed by atoms with E-state index in [4.69, 9.17) is 4.74 Å². The first-order valence-electron chi connectivity index (χ1n) is 18.8. The highest BCUT2D eigenvalue weighted by atomic mass is 32.2. The zero-order valence-corrected chi connectivity index (χ0v) is 31.3. The van der Waals surface area contributed by atoms with Crippen molar-refractivity contribution >= 4 is 39.7 Å². The zero-order chi connectivity index (χ0) is 37.3. The minimum Gasteiger partial charge on any atom is -0.444 e. The number of fused-ring (bicyclic) bond motifs is 3. The van der Waals surface area contributed by atoms with Crippen LogP contribution in [0.25, 0.3) is 0 Å². The fourth-order valence-corrected chi connectivity index (χ4v) is 9.09. The summed E-state index contributed by atoms with van der Waals surface area (Å²) in [6, 6.07) is 5.87. The van der Waals surface area contributed by atoms with Crippen LogP contribution in [0.3, 0.4) is 0 Å². The van der Waals surface area contributed by atoms with Crippen molar-refractivity contribution in [3.63, 3.8) is 0 Å². The molecule has 0 radical (unpaired) electrons. The van der Waals surface area contributed by atoms with Gasteiger partial charge in [0, 0.05) is 32.0 Å². The lowest BCUT2D eigenvalue weighted by atomic mass is 10.00. The summed E-state index contributed by atoms with van der Waals surface area (Å²) in [5, 5.41) is 5.04. The monoisotopic (exact) mass is 739 g/mol. The van der Waals surface area contributed by atoms with E-state index in [0.29, 0.717) is 38.8 Å². The fraction of sp³-hybridized carbons (Fsp3) is 0.658. The van der Waals surface area contributed by atoms with Crippen LogP contribution in [0, 0.1) is 11.8 Å². The van der Waals surface area contributed by atoms with Gasteiger partial charge in [0.2, 0.25) is 27.7 Å². The number of amides is 5. The molecule has 2 saturated carbocycles. The maximum absolute atomic E-state index is 14.4. The molecule has 3 fully saturated rings. The van der Waals surface area contributed by atoms with E-state index < -0.39 is 68.2 Å². The van der Waals surface area contributed by atoms with E-state index >= 15 is 0 Å². The second-order valence-corrected chi connectivity index (χ2v) is 18.2. The van der Waals surface area contributed by atoms with Gasteiger partial charge in [0.25, 0.3) is 5.91 Å². The van der Waals surface area contributed by atoms with E-state index in [9.17, 15) is 32.4 Å². The summed E-state index contributed by atoms with van der Waals surface area (Å²) >= 11 is 0. The van der Waals surface area contributed by atoms with Gasteiger partial charge in [0.1, 0.15) is 23.2 Å². The van der Waals surface area contributed by atoms with Gasteiger partial charge in [0.15, 0.2) is 0 Å². The molecule has 52 heavy (non-hydrogen) atoms. The molecule has 2 aliphatic carbocycles. The molecule has 1 aromatic carbocycles. The predicted molar refractivity (Wildman–Crippen MR) is 193 cm³/mol. The standard InChI is InChI=1S/C38H53N5O8S/c1-37(2,3)51-36(48)39-30-16-10-8-6-4-5-7-9-15-28-21-38(28,35(47)41-52(49,50)29-17-18-29)40-33(45)31-19-25(22-43(31)34(30)46)20-32(44)42-23-26-13-11-12-14-27(26)24-42/h9,11-15,25,28-31H,4-8,10,16-24H2,1-3H3,(H,39,48)(H,40,45)(H,41,47)/b15-9-/t25-,28-,30-,31-,38+/m0/s1. The molecule has 1 aromatic rings. The van der Waals surface area contributed by atoms with E-state index in [0.717, 1.165) is 43.2 Å². The Kier molecular flexibility index (Phi) is 11.0. The van der Waals surface area contributed by atoms with Crippen molar-refractivity contribution in [2.75, 3.05) is 6.54 Å². The first-order chi connectivity index (χ1) is 24.6. The highest BCUT2D eigenvalue weighted by molar-refractivity contribution is 7.91. The molecular formula is C38H53N5O8S. The number of benzene rings is 1. The third-order valence-electron chi connectivity index (χ3n) is 10.8. The molecule has 0 bridgehead atoms. The number of ether oxygens (including phenoxy) is 1. The van der Waals surface area contributed by atoms with Gasteiger partial charge in [-0.3, -0.25) is 23.9 Å². The third-order valence-corrected chi connectivity index (χ3v) is 12.6. The van der Waals surface area contributed by atoms with Crippen molar-refractivity contribution in [3.8, 4) is 0 Å². The van der Waals surface area contributed by atoms with Crippen molar-refractivity contribution in [1.82, 2.24) is 25.2 Å². The lowest BCUT2D eigenvalue weighted by Crippen LogP contribution is -2.58. The van der Waals surface area contributed by atoms with Gasteiger partial charge < -0.3 is 25.2 Å². The van der Waals surface area contributed by atoms with Crippen LogP contribution in [-0.2, 0) is 47.0 Å². The molecule has 5 amide bonds. The summed E-state index contributed by atoms with van der Waals surface area (Å²) in [6.07, 6.45) is 10.1. The van der Waals surface area contributed by atoms with E-state index in [1.165, 1.54) is 4.90 Å². The highest BCUT2D eigenvalue weighted by Crippen LogP contribution is 2.46. The van der Waals surface area contributed by atoms with Crippen LogP contribution in [0.5, 0.6) is 0 Å². The Morgan fingerprint density at radius 1 is 0.981 bits per heavy atom. The SMILES string of the molecule is CC(C)(C)OC(=O)N[C@H]1CCCCCCC/C=C\[C@H]2C[C@@]2(C(=O)NS(=O)(=O)C2CC2)NC(=O)[C@@H]2C[C@@H](CC(=O)N3Cc4ccccc4C3)CN2C1=O. The molecule has 5 atom stereocenters. The summed E-state index contributed by atoms with van der Waals surface area (Å²) in [5.41, 5.74) is -0.0984. The largest absolute Gasteiger partial charge is 0.444 e. The van der Waals surface area contributed by atoms with E-state index in [1.807, 2.05) is 36.4 Å². The minimum absolute atomic E-state index is 0.0823. The average Bonchev–Trinajstić information content (AvgIpc) is 3.96. The summed E-state index contributed by atoms with van der Waals surface area (Å²) in [4.78, 5) is 72.3. The number of hydrogen-bond acceptors (Lipinski definition) is 8. The zero-order valence-electron chi connectivity index (χ0n) is 30.5. The molecule has 3 heterocycles. The van der Waals surface area contributed by atoms with Crippen LogP contribution in [0.2, 0.25) is 0 Å². The van der Waals surface area contributed by atoms with Crippen LogP contribution >= 0.6 is 0 Å². The topological polar surface area (TPSA) is 171 Å². The molecule has 0 aromatic heterocycles. The van der Waals surface area contributed by atoms with Crippen molar-refractivity contribution in [2.24, 2.45) is 11.8 Å². The van der Waals surface area contributed by atoms with Crippen LogP contribution in [0.15, 0.2) is 36.4 Å². The Morgan fingerprint density at radius 2 is 1.65 bits per heavy atom. The molecule has 3 aliphatic heterocycles. The molecular weight excluding hydrogens is 687 g/mol. The number of carbonyl (C=O) groups excluding carboxylic acids is 5. The van der Waals surface area contributed by atoms with E-state index in [-0.39, 0.29) is 37.6 Å². The van der Waals surface area contributed by atoms with Crippen LogP contribution in [0.1, 0.15) is 109 Å². The summed E-state index contributed by atoms with van der Waals surface area (Å²) < 4.78 is 33.4. The fourth-order valence-electron chi connectivity index (χ4n) is 7.72. The molecule has 284 valence electrons. The second kappa shape index (κ2) is 15.2. The van der Waals surface area contributed by atoms with Gasteiger partial charge in [-0.2, -0.15) is 0 Å². The Labute approximate surface area is 306 Å². The van der Waals surface area contributed by atoms with Crippen LogP contribution in [-0.4, -0.2) is 83.0 Å². The lowest BCUT2D eigenvalue weighted by Gasteiger charge is -2.30. The predicted octanol–water partition coefficient (Wildman–Crippen LogP) is 3.81. The second-order valence-electron chi connectivity index (χ2n) is 16.2. The van der Waals surface area contributed by atoms with Crippen molar-refractivity contribution in [3.05, 3.63) is 47.5 Å². The van der Waals surface area contributed by atoms with Gasteiger partial charge in [-0.1, -0.05) is 62.1 Å². The van der Waals surface area contributed by atoms with Crippen LogP contribution < -0.4 is 15.4 Å². The number of carbonyl (C=O) groups is 5. The first kappa shape index (κ1) is 37.8. The number of nitrogens with one attached hydrogen (secondary N) is 3. The summed E-state index contributed by atoms with van der Waals surface area (Å²) in [5.74, 6) is -2.68. The summed E-state index contributed by atoms with van der Waals surface area (Å²) in [6.45, 7) is 6.30. The Bertz CT molecular complexity index is 1680. The highest BCUT2D eigenvalue weighted by Gasteiger charge is 2.62. The average molecular weight is 740 g/mol. The van der Waals surface area contributed by atoms with Crippen LogP contribution in [0.4, 0.5) is 4.79 Å². The number of rotatable bonds is 6. The molecule has 0 unspecified atom stereocenters. The quantitative estimate of drug-likeness (QED) is 0.370. The Balaban J connectivity index is 1.26. The number of allylic oxidation sites excluding steroid dienone is 1. The van der Waals surface area contributed by atoms with Crippen molar-refractivity contribution in [1.29, 1.82) is 0 Å². The molecule has 0 spiro atoms. The smallest absolute Gasteiger partial charge is 0.408 e. The van der Waals surface area contributed by atoms with Gasteiger partial charge in [-0.05, 0) is 82.8 Å². The van der Waals surface area contributed by atoms with Gasteiger partial charge in [0.05, 0.1) is 5.25 Å². The maximum Gasteiger partial charge on any atom is 0.408 e. The molecule has 5 aliphatic rings. The summed E-state index contributed by atoms with van der Waals surface area (Å²) in [7, 11) is -3.88. The van der Waals surface area contributed by atoms with E-state index in [2.05, 4.69) is 15.4 Å². The number of hydrogen-bond donors (Lipinski definition) is 3. The number of sulfonamides is 1. The Hall–Kier alpha value is -3.94. The van der Waals surface area contributed by atoms with Crippen molar-refractivity contribution < 1.29 is 37.1 Å². The van der Waals surface area contributed by atoms with Gasteiger partial charge in [-0.15, -0.1) is 0 Å². The van der Waals surface area contributed by atoms with Gasteiger partial charge in [-0.25, -0.2) is 13.2 Å². The molecule has 14 heteroatoms. The maximum atomic E-state index is 14.4. The molecule has 13 nitrogen and oxygen atoms in total. The number of nitrogens with zero attached hydrogens (tertiary/aromatic N) is 2. The van der Waals surface area contributed by atoms with E-state index in [1.54, 1.807) is 25.7 Å². The number of alkyl carbamates (subject to hydrolysis) is 1. The molecule has 6 rings (SSSR count). The minimum atomic E-state index is -3.88. The first-order valence-corrected chi connectivity index (χ1v) is 20.4. The normalized spacial score (nSPS) is 29.1. The Morgan fingerprint density at radius 3 is 2.33 bits per heavy atom.